The highest BCUT2D eigenvalue weighted by atomic mass is 16.5. The molecule has 3 rings (SSSR count). The molecule has 2 aromatic carbocycles. The molecule has 29 heavy (non-hydrogen) atoms. The minimum atomic E-state index is -0.584. The molecule has 0 bridgehead atoms. The van der Waals surface area contributed by atoms with E-state index in [4.69, 9.17) is 23.7 Å². The van der Waals surface area contributed by atoms with Crippen LogP contribution in [0.25, 0.3) is 11.3 Å². The first-order chi connectivity index (χ1) is 14.1. The standard InChI is InChI=1S/C21H20N2O6/c1-25-16-8-5-13(11-18(16)27-3)15-7-10-20(23-22-15)29-21(24)14-6-9-17(26-2)19(12-14)28-4/h5-12H,1-4H3. The van der Waals surface area contributed by atoms with Gasteiger partial charge in [0.05, 0.1) is 39.7 Å². The van der Waals surface area contributed by atoms with E-state index < -0.39 is 5.97 Å². The number of carbonyl (C=O) groups is 1. The van der Waals surface area contributed by atoms with Gasteiger partial charge in [-0.2, -0.15) is 0 Å². The van der Waals surface area contributed by atoms with E-state index in [0.29, 0.717) is 34.3 Å². The van der Waals surface area contributed by atoms with Crippen LogP contribution in [0.15, 0.2) is 48.5 Å². The SMILES string of the molecule is COc1ccc(C(=O)Oc2ccc(-c3ccc(OC)c(OC)c3)nn2)cc1OC. The van der Waals surface area contributed by atoms with Crippen LogP contribution >= 0.6 is 0 Å². The van der Waals surface area contributed by atoms with E-state index in [1.165, 1.54) is 20.3 Å². The van der Waals surface area contributed by atoms with Gasteiger partial charge in [0.25, 0.3) is 0 Å². The Balaban J connectivity index is 1.76. The molecule has 0 aliphatic heterocycles. The molecule has 8 heteroatoms. The molecule has 0 saturated carbocycles. The van der Waals surface area contributed by atoms with Crippen molar-refractivity contribution in [3.05, 3.63) is 54.1 Å². The summed E-state index contributed by atoms with van der Waals surface area (Å²) in [5, 5.41) is 8.09. The minimum absolute atomic E-state index is 0.0778. The minimum Gasteiger partial charge on any atom is -0.493 e. The highest BCUT2D eigenvalue weighted by molar-refractivity contribution is 5.91. The van der Waals surface area contributed by atoms with Gasteiger partial charge in [-0.3, -0.25) is 0 Å². The molecule has 0 unspecified atom stereocenters. The fourth-order valence-electron chi connectivity index (χ4n) is 2.64. The van der Waals surface area contributed by atoms with Crippen molar-refractivity contribution in [2.45, 2.75) is 0 Å². The molecule has 0 saturated heterocycles. The summed E-state index contributed by atoms with van der Waals surface area (Å²) < 4.78 is 26.2. The smallest absolute Gasteiger partial charge is 0.345 e. The molecule has 1 aromatic heterocycles. The molecular formula is C21H20N2O6. The molecule has 0 N–H and O–H groups in total. The Morgan fingerprint density at radius 2 is 1.31 bits per heavy atom. The van der Waals surface area contributed by atoms with Crippen molar-refractivity contribution in [3.8, 4) is 40.1 Å². The van der Waals surface area contributed by atoms with Crippen LogP contribution in [-0.4, -0.2) is 44.6 Å². The van der Waals surface area contributed by atoms with Crippen molar-refractivity contribution in [2.75, 3.05) is 28.4 Å². The van der Waals surface area contributed by atoms with E-state index >= 15 is 0 Å². The zero-order valence-corrected chi connectivity index (χ0v) is 16.5. The number of aromatic nitrogens is 2. The van der Waals surface area contributed by atoms with Gasteiger partial charge < -0.3 is 23.7 Å². The highest BCUT2D eigenvalue weighted by Gasteiger charge is 2.14. The monoisotopic (exact) mass is 396 g/mol. The number of nitrogens with zero attached hydrogens (tertiary/aromatic N) is 2. The fourth-order valence-corrected chi connectivity index (χ4v) is 2.64. The molecule has 0 spiro atoms. The van der Waals surface area contributed by atoms with Gasteiger partial charge in [0.2, 0.25) is 5.88 Å². The van der Waals surface area contributed by atoms with Crippen LogP contribution in [0.2, 0.25) is 0 Å². The predicted molar refractivity (Wildman–Crippen MR) is 105 cm³/mol. The van der Waals surface area contributed by atoms with Crippen molar-refractivity contribution in [1.29, 1.82) is 0 Å². The average molecular weight is 396 g/mol. The van der Waals surface area contributed by atoms with Crippen LogP contribution in [0.1, 0.15) is 10.4 Å². The number of rotatable bonds is 7. The van der Waals surface area contributed by atoms with Crippen LogP contribution in [0.4, 0.5) is 0 Å². The first-order valence-electron chi connectivity index (χ1n) is 8.60. The second-order valence-corrected chi connectivity index (χ2v) is 5.79. The number of ether oxygens (including phenoxy) is 5. The second kappa shape index (κ2) is 8.92. The molecule has 3 aromatic rings. The van der Waals surface area contributed by atoms with Gasteiger partial charge in [-0.05, 0) is 42.5 Å². The normalized spacial score (nSPS) is 10.2. The van der Waals surface area contributed by atoms with Crippen molar-refractivity contribution in [1.82, 2.24) is 10.2 Å². The summed E-state index contributed by atoms with van der Waals surface area (Å²) in [6.45, 7) is 0. The number of carbonyl (C=O) groups excluding carboxylic acids is 1. The van der Waals surface area contributed by atoms with E-state index in [1.54, 1.807) is 50.6 Å². The first kappa shape index (κ1) is 19.9. The third kappa shape index (κ3) is 4.37. The van der Waals surface area contributed by atoms with Crippen LogP contribution in [0, 0.1) is 0 Å². The highest BCUT2D eigenvalue weighted by Crippen LogP contribution is 2.32. The van der Waals surface area contributed by atoms with Crippen molar-refractivity contribution in [2.24, 2.45) is 0 Å². The van der Waals surface area contributed by atoms with Crippen molar-refractivity contribution >= 4 is 5.97 Å². The predicted octanol–water partition coefficient (Wildman–Crippen LogP) is 3.40. The fraction of sp³-hybridized carbons (Fsp3) is 0.190. The lowest BCUT2D eigenvalue weighted by Crippen LogP contribution is -2.10. The van der Waals surface area contributed by atoms with Gasteiger partial charge >= 0.3 is 5.97 Å². The van der Waals surface area contributed by atoms with Crippen LogP contribution in [0.3, 0.4) is 0 Å². The maximum Gasteiger partial charge on any atom is 0.345 e. The quantitative estimate of drug-likeness (QED) is 0.562. The molecule has 0 radical (unpaired) electrons. The van der Waals surface area contributed by atoms with E-state index in [0.717, 1.165) is 5.56 Å². The summed E-state index contributed by atoms with van der Waals surface area (Å²) in [6, 6.07) is 13.4. The Morgan fingerprint density at radius 1 is 0.690 bits per heavy atom. The molecule has 0 amide bonds. The molecule has 0 aliphatic carbocycles. The summed E-state index contributed by atoms with van der Waals surface area (Å²) >= 11 is 0. The zero-order valence-electron chi connectivity index (χ0n) is 16.5. The Hall–Kier alpha value is -3.81. The Bertz CT molecular complexity index is 1000. The van der Waals surface area contributed by atoms with E-state index in [-0.39, 0.29) is 5.88 Å². The Kier molecular flexibility index (Phi) is 6.13. The van der Waals surface area contributed by atoms with Gasteiger partial charge in [-0.15, -0.1) is 10.2 Å². The zero-order chi connectivity index (χ0) is 20.8. The van der Waals surface area contributed by atoms with Gasteiger partial charge in [0, 0.05) is 11.6 Å². The number of hydrogen-bond acceptors (Lipinski definition) is 8. The molecule has 0 fully saturated rings. The van der Waals surface area contributed by atoms with E-state index in [2.05, 4.69) is 10.2 Å². The third-order valence-corrected chi connectivity index (χ3v) is 4.14. The number of benzene rings is 2. The van der Waals surface area contributed by atoms with Crippen LogP contribution in [-0.2, 0) is 0 Å². The van der Waals surface area contributed by atoms with E-state index in [1.807, 2.05) is 6.07 Å². The molecule has 0 aliphatic rings. The van der Waals surface area contributed by atoms with Gasteiger partial charge in [0.15, 0.2) is 23.0 Å². The average Bonchev–Trinajstić information content (AvgIpc) is 2.78. The lowest BCUT2D eigenvalue weighted by Gasteiger charge is -2.10. The number of esters is 1. The second-order valence-electron chi connectivity index (χ2n) is 5.79. The van der Waals surface area contributed by atoms with Gasteiger partial charge in [0.1, 0.15) is 0 Å². The summed E-state index contributed by atoms with van der Waals surface area (Å²) in [6.07, 6.45) is 0. The lowest BCUT2D eigenvalue weighted by molar-refractivity contribution is 0.0725. The summed E-state index contributed by atoms with van der Waals surface area (Å²) in [5.74, 6) is 1.63. The van der Waals surface area contributed by atoms with Gasteiger partial charge in [-0.25, -0.2) is 4.79 Å². The molecule has 1 heterocycles. The summed E-state index contributed by atoms with van der Waals surface area (Å²) in [7, 11) is 6.14. The third-order valence-electron chi connectivity index (χ3n) is 4.14. The van der Waals surface area contributed by atoms with Gasteiger partial charge in [-0.1, -0.05) is 0 Å². The summed E-state index contributed by atoms with van der Waals surface area (Å²) in [4.78, 5) is 12.4. The number of hydrogen-bond donors (Lipinski definition) is 0. The van der Waals surface area contributed by atoms with Crippen molar-refractivity contribution < 1.29 is 28.5 Å². The first-order valence-corrected chi connectivity index (χ1v) is 8.60. The topological polar surface area (TPSA) is 89.0 Å². The Morgan fingerprint density at radius 3 is 1.90 bits per heavy atom. The van der Waals surface area contributed by atoms with Crippen LogP contribution < -0.4 is 23.7 Å². The largest absolute Gasteiger partial charge is 0.493 e. The lowest BCUT2D eigenvalue weighted by atomic mass is 10.1. The maximum absolute atomic E-state index is 12.4. The maximum atomic E-state index is 12.4. The van der Waals surface area contributed by atoms with E-state index in [9.17, 15) is 4.79 Å². The van der Waals surface area contributed by atoms with Crippen molar-refractivity contribution in [3.63, 3.8) is 0 Å². The molecule has 8 nitrogen and oxygen atoms in total. The number of methoxy groups -OCH3 is 4. The van der Waals surface area contributed by atoms with Crippen LogP contribution in [0.5, 0.6) is 28.9 Å². The molecule has 150 valence electrons. The molecular weight excluding hydrogens is 376 g/mol. The summed E-state index contributed by atoms with van der Waals surface area (Å²) in [5.41, 5.74) is 1.68. The Labute approximate surface area is 168 Å². The molecule has 0 atom stereocenters.